The summed E-state index contributed by atoms with van der Waals surface area (Å²) in [5.41, 5.74) is 6.08. The fourth-order valence-electron chi connectivity index (χ4n) is 2.11. The van der Waals surface area contributed by atoms with Crippen LogP contribution < -0.4 is 15.9 Å². The lowest BCUT2D eigenvalue weighted by Crippen LogP contribution is -2.36. The Kier molecular flexibility index (Phi) is 6.93. The van der Waals surface area contributed by atoms with Gasteiger partial charge in [-0.2, -0.15) is 0 Å². The highest BCUT2D eigenvalue weighted by atomic mass is 31.2. The Morgan fingerprint density at radius 3 is 2.81 bits per heavy atom. The van der Waals surface area contributed by atoms with Crippen LogP contribution in [-0.2, 0) is 48.3 Å². The number of aldehydes is 1. The number of nitrogens with zero attached hydrogens (tertiary/aromatic N) is 4. The molecule has 2 aromatic rings. The molecule has 2 atom stereocenters. The van der Waals surface area contributed by atoms with Crippen LogP contribution in [0.25, 0.3) is 11.2 Å². The Balaban J connectivity index is 1.90. The quantitative estimate of drug-likeness (QED) is 0.213. The van der Waals surface area contributed by atoms with Crippen molar-refractivity contribution in [3.8, 4) is 0 Å². The molecule has 0 aromatic carbocycles. The number of hydrogen-bond donors (Lipinski definition) is 2. The first-order valence-corrected chi connectivity index (χ1v) is 10.4. The minimum atomic E-state index is -4.27. The molecule has 0 aliphatic rings. The van der Waals surface area contributed by atoms with Gasteiger partial charge in [-0.3, -0.25) is 18.5 Å². The number of ether oxygens (including phenoxy) is 1. The van der Waals surface area contributed by atoms with Crippen LogP contribution in [-0.4, -0.2) is 44.7 Å². The van der Waals surface area contributed by atoms with E-state index in [2.05, 4.69) is 9.29 Å². The van der Waals surface area contributed by atoms with Gasteiger partial charge in [0.25, 0.3) is 5.95 Å². The van der Waals surface area contributed by atoms with Crippen molar-refractivity contribution in [2.24, 2.45) is 14.1 Å². The van der Waals surface area contributed by atoms with E-state index in [0.717, 1.165) is 0 Å². The van der Waals surface area contributed by atoms with Crippen molar-refractivity contribution in [3.63, 3.8) is 0 Å². The monoisotopic (exact) mass is 423 g/mol. The number of anilines is 1. The van der Waals surface area contributed by atoms with Gasteiger partial charge in [0.05, 0.1) is 13.7 Å². The van der Waals surface area contributed by atoms with Crippen LogP contribution in [0.15, 0.2) is 11.1 Å². The molecule has 2 rings (SSSR count). The normalized spacial score (nSPS) is 14.3. The van der Waals surface area contributed by atoms with E-state index in [-0.39, 0.29) is 37.7 Å². The van der Waals surface area contributed by atoms with Gasteiger partial charge in [-0.25, -0.2) is 4.57 Å². The van der Waals surface area contributed by atoms with Gasteiger partial charge in [-0.05, 0) is 4.31 Å². The van der Waals surface area contributed by atoms with Crippen LogP contribution in [0.2, 0.25) is 0 Å². The van der Waals surface area contributed by atoms with Gasteiger partial charge in [0, 0.05) is 11.6 Å². The van der Waals surface area contributed by atoms with Crippen molar-refractivity contribution in [2.45, 2.75) is 6.73 Å². The molecule has 27 heavy (non-hydrogen) atoms. The van der Waals surface area contributed by atoms with Crippen LogP contribution in [0.3, 0.4) is 0 Å². The highest BCUT2D eigenvalue weighted by Crippen LogP contribution is 2.50. The molecule has 15 heteroatoms. The minimum absolute atomic E-state index is 0.00157. The topological polar surface area (TPSA) is 169 Å². The number of carbonyl (C=O) groups is 1. The van der Waals surface area contributed by atoms with Crippen molar-refractivity contribution in [1.29, 1.82) is 0 Å². The van der Waals surface area contributed by atoms with Crippen LogP contribution in [0.4, 0.5) is 5.95 Å². The molecule has 13 nitrogen and oxygen atoms in total. The number of aryl methyl sites for hydroxylation is 1. The number of hydrogen-bond acceptors (Lipinski definition) is 9. The molecule has 0 amide bonds. The zero-order chi connectivity index (χ0) is 20.2. The van der Waals surface area contributed by atoms with Crippen LogP contribution >= 0.6 is 15.9 Å². The Bertz CT molecular complexity index is 971. The third-order valence-corrected chi connectivity index (χ3v) is 5.93. The van der Waals surface area contributed by atoms with Gasteiger partial charge in [0.1, 0.15) is 19.1 Å². The van der Waals surface area contributed by atoms with E-state index in [4.69, 9.17) is 19.9 Å². The molecule has 0 saturated heterocycles. The van der Waals surface area contributed by atoms with E-state index < -0.39 is 22.0 Å². The molecule has 0 aliphatic heterocycles. The Labute approximate surface area is 153 Å². The maximum Gasteiger partial charge on any atom is 0.706 e. The molecule has 2 aromatic heterocycles. The number of nitrogens with two attached hydrogens (primary N) is 1. The largest absolute Gasteiger partial charge is 0.706 e. The van der Waals surface area contributed by atoms with E-state index in [0.29, 0.717) is 11.2 Å². The predicted molar refractivity (Wildman–Crippen MR) is 91.9 cm³/mol. The third-order valence-electron chi connectivity index (χ3n) is 3.37. The second kappa shape index (κ2) is 8.79. The molecule has 2 heterocycles. The van der Waals surface area contributed by atoms with Crippen molar-refractivity contribution in [1.82, 2.24) is 14.1 Å². The average Bonchev–Trinajstić information content (AvgIpc) is 2.87. The molecule has 2 unspecified atom stereocenters. The highest BCUT2D eigenvalue weighted by molar-refractivity contribution is 7.60. The summed E-state index contributed by atoms with van der Waals surface area (Å²) >= 11 is 0. The van der Waals surface area contributed by atoms with Crippen molar-refractivity contribution < 1.29 is 37.0 Å². The molecular formula is C12H19N5O8P2+2. The highest BCUT2D eigenvalue weighted by Gasteiger charge is 2.35. The lowest BCUT2D eigenvalue weighted by Gasteiger charge is -2.01. The zero-order valence-electron chi connectivity index (χ0n) is 14.5. The molecule has 0 aliphatic carbocycles. The maximum atomic E-state index is 12.2. The average molecular weight is 423 g/mol. The first-order chi connectivity index (χ1) is 12.7. The summed E-state index contributed by atoms with van der Waals surface area (Å²) in [6.45, 7) is -0.224. The summed E-state index contributed by atoms with van der Waals surface area (Å²) in [4.78, 5) is 35.7. The molecular weight excluding hydrogens is 404 g/mol. The molecule has 0 fully saturated rings. The molecule has 0 spiro atoms. The SMILES string of the molecule is Cn1c(N)nc2c(c1=O)n(C)c[n+]2COCCO[P+](=O)OP(=O)(O)CC=O. The molecule has 3 N–H and O–H groups in total. The van der Waals surface area contributed by atoms with Gasteiger partial charge in [-0.1, -0.05) is 4.98 Å². The fourth-order valence-corrected chi connectivity index (χ4v) is 3.81. The third kappa shape index (κ3) is 5.25. The Morgan fingerprint density at radius 1 is 1.44 bits per heavy atom. The Hall–Kier alpha value is -2.01. The van der Waals surface area contributed by atoms with Gasteiger partial charge in [0.15, 0.2) is 13.1 Å². The van der Waals surface area contributed by atoms with Crippen LogP contribution in [0.5, 0.6) is 0 Å². The van der Waals surface area contributed by atoms with Gasteiger partial charge in [0.2, 0.25) is 5.52 Å². The molecule has 0 radical (unpaired) electrons. The summed E-state index contributed by atoms with van der Waals surface area (Å²) in [6.07, 6.45) is 1.01. The van der Waals surface area contributed by atoms with E-state index in [1.165, 1.54) is 11.6 Å². The number of imidazole rings is 1. The summed E-state index contributed by atoms with van der Waals surface area (Å²) in [5.74, 6) is 0.0497. The second-order valence-corrected chi connectivity index (χ2v) is 8.36. The fraction of sp³-hybridized carbons (Fsp3) is 0.500. The van der Waals surface area contributed by atoms with Crippen molar-refractivity contribution in [3.05, 3.63) is 16.7 Å². The van der Waals surface area contributed by atoms with E-state index in [9.17, 15) is 18.7 Å². The Morgan fingerprint density at radius 2 is 2.15 bits per heavy atom. The van der Waals surface area contributed by atoms with E-state index >= 15 is 0 Å². The van der Waals surface area contributed by atoms with Gasteiger partial charge >= 0.3 is 27.1 Å². The molecule has 0 bridgehead atoms. The van der Waals surface area contributed by atoms with Gasteiger partial charge < -0.3 is 20.2 Å². The predicted octanol–water partition coefficient (Wildman–Crippen LogP) is -0.809. The number of aromatic nitrogens is 4. The maximum absolute atomic E-state index is 12.2. The summed E-state index contributed by atoms with van der Waals surface area (Å²) in [6, 6.07) is 0. The van der Waals surface area contributed by atoms with Crippen molar-refractivity contribution in [2.75, 3.05) is 25.1 Å². The van der Waals surface area contributed by atoms with E-state index in [1.54, 1.807) is 22.5 Å². The minimum Gasteiger partial charge on any atom is -0.355 e. The van der Waals surface area contributed by atoms with Crippen LogP contribution in [0, 0.1) is 0 Å². The first kappa shape index (κ1) is 21.3. The lowest BCUT2D eigenvalue weighted by molar-refractivity contribution is -0.711. The zero-order valence-corrected chi connectivity index (χ0v) is 16.3. The smallest absolute Gasteiger partial charge is 0.355 e. The van der Waals surface area contributed by atoms with Crippen LogP contribution in [0.1, 0.15) is 0 Å². The standard InChI is InChI=1S/C12H17N5O8P2/c1-15-7-17(10-9(15)11(19)16(2)12(13)14-10)8-23-4-5-24-26(20)25-27(21,22)6-3-18/h3,7H,4-6,8H2,1-2H3,(H-2,13,14,19,21,22)/p+2. The molecule has 0 saturated carbocycles. The lowest BCUT2D eigenvalue weighted by atomic mass is 10.5. The summed E-state index contributed by atoms with van der Waals surface area (Å²) in [7, 11) is -3.95. The number of rotatable bonds is 10. The van der Waals surface area contributed by atoms with E-state index in [1.807, 2.05) is 0 Å². The van der Waals surface area contributed by atoms with Gasteiger partial charge in [-0.15, -0.1) is 4.52 Å². The number of fused-ring (bicyclic) bond motifs is 1. The number of nitrogen functional groups attached to an aromatic ring is 1. The summed E-state index contributed by atoms with van der Waals surface area (Å²) in [5, 5.41) is 0. The molecule has 148 valence electrons. The second-order valence-electron chi connectivity index (χ2n) is 5.37. The number of carbonyl (C=O) groups excluding carboxylic acids is 1. The van der Waals surface area contributed by atoms with Crippen molar-refractivity contribution >= 4 is 39.2 Å². The summed E-state index contributed by atoms with van der Waals surface area (Å²) < 4.78 is 41.3. The first-order valence-electron chi connectivity index (χ1n) is 7.50.